The molecular formula is C15H13N3O2. The van der Waals surface area contributed by atoms with Gasteiger partial charge in [-0.25, -0.2) is 0 Å². The molecule has 0 fully saturated rings. The summed E-state index contributed by atoms with van der Waals surface area (Å²) in [5, 5.41) is 3.61. The standard InChI is InChI=1S/C15H13N3O2/c1-9-4-7-13(20-9)15(19)18-12-6-5-11(16)14-10(12)3-2-8-17-14/h2-8H,16H2,1H3,(H,18,19). The van der Waals surface area contributed by atoms with E-state index >= 15 is 0 Å². The summed E-state index contributed by atoms with van der Waals surface area (Å²) in [5.41, 5.74) is 7.77. The molecule has 0 atom stereocenters. The zero-order valence-electron chi connectivity index (χ0n) is 10.9. The van der Waals surface area contributed by atoms with Crippen molar-refractivity contribution in [2.24, 2.45) is 0 Å². The lowest BCUT2D eigenvalue weighted by atomic mass is 10.1. The van der Waals surface area contributed by atoms with Crippen molar-refractivity contribution < 1.29 is 9.21 Å². The Morgan fingerprint density at radius 2 is 2.10 bits per heavy atom. The second kappa shape index (κ2) is 4.70. The molecule has 0 aliphatic heterocycles. The van der Waals surface area contributed by atoms with E-state index in [4.69, 9.17) is 10.2 Å². The topological polar surface area (TPSA) is 81.2 Å². The van der Waals surface area contributed by atoms with Crippen LogP contribution in [0.15, 0.2) is 47.0 Å². The fourth-order valence-corrected chi connectivity index (χ4v) is 2.04. The highest BCUT2D eigenvalue weighted by Gasteiger charge is 2.12. The molecule has 3 rings (SSSR count). The van der Waals surface area contributed by atoms with Gasteiger partial charge in [-0.2, -0.15) is 0 Å². The summed E-state index contributed by atoms with van der Waals surface area (Å²) in [6, 6.07) is 10.5. The lowest BCUT2D eigenvalue weighted by Gasteiger charge is -2.08. The molecule has 0 aliphatic carbocycles. The Hall–Kier alpha value is -2.82. The van der Waals surface area contributed by atoms with E-state index in [1.165, 1.54) is 0 Å². The summed E-state index contributed by atoms with van der Waals surface area (Å²) in [6.07, 6.45) is 1.67. The van der Waals surface area contributed by atoms with Crippen LogP contribution in [0.1, 0.15) is 16.3 Å². The van der Waals surface area contributed by atoms with Crippen LogP contribution >= 0.6 is 0 Å². The normalized spacial score (nSPS) is 10.7. The third-order valence-electron chi connectivity index (χ3n) is 3.01. The largest absolute Gasteiger partial charge is 0.456 e. The van der Waals surface area contributed by atoms with E-state index in [0.29, 0.717) is 22.7 Å². The molecule has 100 valence electrons. The molecular weight excluding hydrogens is 254 g/mol. The first-order valence-electron chi connectivity index (χ1n) is 6.16. The predicted molar refractivity (Wildman–Crippen MR) is 77.6 cm³/mol. The summed E-state index contributed by atoms with van der Waals surface area (Å²) in [7, 11) is 0. The highest BCUT2D eigenvalue weighted by molar-refractivity contribution is 6.09. The number of aryl methyl sites for hydroxylation is 1. The van der Waals surface area contributed by atoms with E-state index in [2.05, 4.69) is 10.3 Å². The molecule has 0 radical (unpaired) electrons. The van der Waals surface area contributed by atoms with Crippen LogP contribution < -0.4 is 11.1 Å². The number of carbonyl (C=O) groups is 1. The van der Waals surface area contributed by atoms with Crippen LogP contribution in [-0.4, -0.2) is 10.9 Å². The number of furan rings is 1. The number of carbonyl (C=O) groups excluding carboxylic acids is 1. The van der Waals surface area contributed by atoms with Gasteiger partial charge in [0.1, 0.15) is 5.76 Å². The minimum atomic E-state index is -0.298. The van der Waals surface area contributed by atoms with Gasteiger partial charge in [0.15, 0.2) is 5.76 Å². The Morgan fingerprint density at radius 3 is 2.85 bits per heavy atom. The second-order valence-electron chi connectivity index (χ2n) is 4.47. The van der Waals surface area contributed by atoms with Gasteiger partial charge in [-0.05, 0) is 43.3 Å². The van der Waals surface area contributed by atoms with Gasteiger partial charge in [0.25, 0.3) is 5.91 Å². The van der Waals surface area contributed by atoms with Crippen LogP contribution in [0.3, 0.4) is 0 Å². The maximum Gasteiger partial charge on any atom is 0.291 e. The summed E-state index contributed by atoms with van der Waals surface area (Å²) in [5.74, 6) is 0.670. The third kappa shape index (κ3) is 2.09. The van der Waals surface area contributed by atoms with Gasteiger partial charge in [-0.15, -0.1) is 0 Å². The van der Waals surface area contributed by atoms with E-state index in [-0.39, 0.29) is 11.7 Å². The van der Waals surface area contributed by atoms with Crippen LogP contribution in [0.25, 0.3) is 10.9 Å². The van der Waals surface area contributed by atoms with Gasteiger partial charge in [0.2, 0.25) is 0 Å². The monoisotopic (exact) mass is 267 g/mol. The smallest absolute Gasteiger partial charge is 0.291 e. The number of benzene rings is 1. The molecule has 0 saturated carbocycles. The summed E-state index contributed by atoms with van der Waals surface area (Å²) in [6.45, 7) is 1.79. The number of nitrogens with one attached hydrogen (secondary N) is 1. The SMILES string of the molecule is Cc1ccc(C(=O)Nc2ccc(N)c3ncccc23)o1. The van der Waals surface area contributed by atoms with E-state index in [0.717, 1.165) is 5.39 Å². The third-order valence-corrected chi connectivity index (χ3v) is 3.01. The quantitative estimate of drug-likeness (QED) is 0.699. The predicted octanol–water partition coefficient (Wildman–Crippen LogP) is 2.97. The molecule has 1 amide bonds. The number of pyridine rings is 1. The molecule has 5 heteroatoms. The van der Waals surface area contributed by atoms with E-state index < -0.39 is 0 Å². The Balaban J connectivity index is 1.99. The Bertz CT molecular complexity index is 793. The van der Waals surface area contributed by atoms with Crippen molar-refractivity contribution in [1.82, 2.24) is 4.98 Å². The van der Waals surface area contributed by atoms with Gasteiger partial charge in [0, 0.05) is 11.6 Å². The second-order valence-corrected chi connectivity index (χ2v) is 4.47. The minimum absolute atomic E-state index is 0.274. The first kappa shape index (κ1) is 12.2. The molecule has 0 aliphatic rings. The van der Waals surface area contributed by atoms with Gasteiger partial charge in [0.05, 0.1) is 16.9 Å². The number of nitrogens with two attached hydrogens (primary N) is 1. The van der Waals surface area contributed by atoms with Crippen molar-refractivity contribution in [2.45, 2.75) is 6.92 Å². The fraction of sp³-hybridized carbons (Fsp3) is 0.0667. The molecule has 0 spiro atoms. The van der Waals surface area contributed by atoms with Gasteiger partial charge in [-0.1, -0.05) is 0 Å². The summed E-state index contributed by atoms with van der Waals surface area (Å²) in [4.78, 5) is 16.3. The molecule has 3 aromatic rings. The van der Waals surface area contributed by atoms with Crippen LogP contribution in [0, 0.1) is 6.92 Å². The van der Waals surface area contributed by atoms with Crippen LogP contribution in [0.2, 0.25) is 0 Å². The average Bonchev–Trinajstić information content (AvgIpc) is 2.89. The number of rotatable bonds is 2. The Kier molecular flexibility index (Phi) is 2.87. The molecule has 3 N–H and O–H groups in total. The Morgan fingerprint density at radius 1 is 1.25 bits per heavy atom. The molecule has 2 heterocycles. The van der Waals surface area contributed by atoms with E-state index in [1.54, 1.807) is 43.5 Å². The van der Waals surface area contributed by atoms with Crippen LogP contribution in [0.5, 0.6) is 0 Å². The van der Waals surface area contributed by atoms with Crippen molar-refractivity contribution in [1.29, 1.82) is 0 Å². The number of anilines is 2. The highest BCUT2D eigenvalue weighted by Crippen LogP contribution is 2.26. The molecule has 0 unspecified atom stereocenters. The van der Waals surface area contributed by atoms with Crippen molar-refractivity contribution in [2.75, 3.05) is 11.1 Å². The number of nitrogens with zero attached hydrogens (tertiary/aromatic N) is 1. The molecule has 1 aromatic carbocycles. The zero-order valence-corrected chi connectivity index (χ0v) is 10.9. The van der Waals surface area contributed by atoms with E-state index in [9.17, 15) is 4.79 Å². The number of hydrogen-bond donors (Lipinski definition) is 2. The number of aromatic nitrogens is 1. The van der Waals surface area contributed by atoms with Crippen molar-refractivity contribution in [3.05, 3.63) is 54.1 Å². The van der Waals surface area contributed by atoms with Gasteiger partial charge in [-0.3, -0.25) is 9.78 Å². The molecule has 5 nitrogen and oxygen atoms in total. The minimum Gasteiger partial charge on any atom is -0.456 e. The zero-order chi connectivity index (χ0) is 14.1. The lowest BCUT2D eigenvalue weighted by Crippen LogP contribution is -2.11. The number of nitrogen functional groups attached to an aromatic ring is 1. The average molecular weight is 267 g/mol. The number of hydrogen-bond acceptors (Lipinski definition) is 4. The van der Waals surface area contributed by atoms with Crippen molar-refractivity contribution >= 4 is 28.2 Å². The number of amides is 1. The molecule has 0 bridgehead atoms. The fourth-order valence-electron chi connectivity index (χ4n) is 2.04. The maximum atomic E-state index is 12.1. The van der Waals surface area contributed by atoms with Gasteiger partial charge < -0.3 is 15.5 Å². The number of fused-ring (bicyclic) bond motifs is 1. The van der Waals surface area contributed by atoms with E-state index in [1.807, 2.05) is 6.07 Å². The van der Waals surface area contributed by atoms with Gasteiger partial charge >= 0.3 is 0 Å². The lowest BCUT2D eigenvalue weighted by molar-refractivity contribution is 0.0995. The highest BCUT2D eigenvalue weighted by atomic mass is 16.3. The first-order chi connectivity index (χ1) is 9.65. The molecule has 2 aromatic heterocycles. The van der Waals surface area contributed by atoms with Crippen molar-refractivity contribution in [3.8, 4) is 0 Å². The van der Waals surface area contributed by atoms with Crippen LogP contribution in [0.4, 0.5) is 11.4 Å². The summed E-state index contributed by atoms with van der Waals surface area (Å²) < 4.78 is 5.30. The summed E-state index contributed by atoms with van der Waals surface area (Å²) >= 11 is 0. The Labute approximate surface area is 115 Å². The molecule has 20 heavy (non-hydrogen) atoms. The maximum absolute atomic E-state index is 12.1. The molecule has 0 saturated heterocycles. The van der Waals surface area contributed by atoms with Crippen molar-refractivity contribution in [3.63, 3.8) is 0 Å². The van der Waals surface area contributed by atoms with Crippen LogP contribution in [-0.2, 0) is 0 Å². The first-order valence-corrected chi connectivity index (χ1v) is 6.16.